The van der Waals surface area contributed by atoms with Crippen molar-refractivity contribution in [1.29, 1.82) is 0 Å². The molecule has 2 aromatic rings. The second kappa shape index (κ2) is 4.37. The van der Waals surface area contributed by atoms with Crippen LogP contribution in [0.4, 0.5) is 0 Å². The topological polar surface area (TPSA) is 12.9 Å². The maximum Gasteiger partial charge on any atom is 0.107 e. The van der Waals surface area contributed by atoms with Crippen molar-refractivity contribution >= 4 is 54.8 Å². The zero-order chi connectivity index (χ0) is 8.27. The van der Waals surface area contributed by atoms with Gasteiger partial charge < -0.3 is 0 Å². The van der Waals surface area contributed by atoms with Crippen LogP contribution < -0.4 is 0 Å². The van der Waals surface area contributed by atoms with Gasteiger partial charge in [-0.15, -0.1) is 22.7 Å². The molecule has 0 atom stereocenters. The van der Waals surface area contributed by atoms with Gasteiger partial charge in [-0.05, 0) is 23.3 Å². The molecule has 0 radical (unpaired) electrons. The van der Waals surface area contributed by atoms with E-state index >= 15 is 0 Å². The Morgan fingerprint density at radius 3 is 2.82 bits per heavy atom. The number of thiophene rings is 1. The molecule has 2 heterocycles. The van der Waals surface area contributed by atoms with Crippen molar-refractivity contribution in [3.63, 3.8) is 0 Å². The minimum Gasteiger partial charge on any atom is -0.241 e. The van der Waals surface area contributed by atoms with Crippen molar-refractivity contribution in [3.05, 3.63) is 16.5 Å². The summed E-state index contributed by atoms with van der Waals surface area (Å²) >= 11 is 5.68. The number of hydrogen-bond acceptors (Lipinski definition) is 3. The minimum absolute atomic E-state index is 1.16. The molecule has 1 nitrogen and oxygen atoms in total. The molecule has 0 saturated heterocycles. The Hall–Kier alpha value is 0.320. The summed E-state index contributed by atoms with van der Waals surface area (Å²) in [5.74, 6) is 0. The van der Waals surface area contributed by atoms with Crippen LogP contribution in [0.1, 0.15) is 5.01 Å². The lowest BCUT2D eigenvalue weighted by Gasteiger charge is -1.69. The highest BCUT2D eigenvalue weighted by Gasteiger charge is 1.98. The van der Waals surface area contributed by atoms with Gasteiger partial charge in [-0.3, -0.25) is 0 Å². The molecule has 0 saturated carbocycles. The smallest absolute Gasteiger partial charge is 0.107 e. The molecule has 0 bridgehead atoms. The number of aryl methyl sites for hydroxylation is 1. The van der Waals surface area contributed by atoms with Crippen LogP contribution in [0, 0.1) is 6.92 Å². The van der Waals surface area contributed by atoms with Gasteiger partial charge in [-0.2, -0.15) is 0 Å². The summed E-state index contributed by atoms with van der Waals surface area (Å²) < 4.78 is 1.34. The zero-order valence-electron chi connectivity index (χ0n) is 6.30. The van der Waals surface area contributed by atoms with Gasteiger partial charge in [0, 0.05) is 0 Å². The second-order valence-electron chi connectivity index (χ2n) is 1.83. The van der Waals surface area contributed by atoms with E-state index in [0.717, 1.165) is 10.5 Å². The average Bonchev–Trinajstić information content (AvgIpc) is 2.51. The third kappa shape index (κ3) is 2.13. The first-order valence-electron chi connectivity index (χ1n) is 3.05. The first-order chi connectivity index (χ1) is 5.36. The van der Waals surface area contributed by atoms with Crippen LogP contribution in [0.5, 0.6) is 0 Å². The summed E-state index contributed by atoms with van der Waals surface area (Å²) in [6.45, 7) is 2.04. The van der Waals surface area contributed by atoms with Crippen molar-refractivity contribution in [3.8, 4) is 0 Å². The van der Waals surface area contributed by atoms with Crippen molar-refractivity contribution in [2.75, 3.05) is 4.93 Å². The van der Waals surface area contributed by atoms with E-state index in [1.54, 1.807) is 22.7 Å². The molecule has 0 amide bonds. The summed E-state index contributed by atoms with van der Waals surface area (Å²) in [4.78, 5) is 6.27. The van der Waals surface area contributed by atoms with Gasteiger partial charge in [0.25, 0.3) is 0 Å². The molecule has 11 heavy (non-hydrogen) atoms. The molecule has 2 aromatic heterocycles. The van der Waals surface area contributed by atoms with Gasteiger partial charge in [0.2, 0.25) is 0 Å². The zero-order valence-corrected chi connectivity index (χ0v) is 10.1. The van der Waals surface area contributed by atoms with E-state index in [9.17, 15) is 0 Å². The number of fused-ring (bicyclic) bond motifs is 1. The highest BCUT2D eigenvalue weighted by atomic mass is 127. The third-order valence-corrected chi connectivity index (χ3v) is 3.14. The van der Waals surface area contributed by atoms with E-state index in [-0.39, 0.29) is 0 Å². The molecule has 0 N–H and O–H groups in total. The van der Waals surface area contributed by atoms with E-state index in [4.69, 9.17) is 0 Å². The van der Waals surface area contributed by atoms with Crippen molar-refractivity contribution in [2.24, 2.45) is 0 Å². The van der Waals surface area contributed by atoms with Crippen LogP contribution in [0.3, 0.4) is 0 Å². The molecule has 60 valence electrons. The number of rotatable bonds is 0. The van der Waals surface area contributed by atoms with Crippen LogP contribution in [-0.2, 0) is 0 Å². The van der Waals surface area contributed by atoms with Gasteiger partial charge in [0.15, 0.2) is 0 Å². The Labute approximate surface area is 87.6 Å². The number of nitrogens with zero attached hydrogens (tertiary/aromatic N) is 1. The largest absolute Gasteiger partial charge is 0.241 e. The fraction of sp³-hybridized carbons (Fsp3) is 0.286. The van der Waals surface area contributed by atoms with E-state index in [1.807, 2.05) is 11.9 Å². The first kappa shape index (κ1) is 9.41. The van der Waals surface area contributed by atoms with Crippen molar-refractivity contribution in [2.45, 2.75) is 6.92 Å². The lowest BCUT2D eigenvalue weighted by Crippen LogP contribution is -1.61. The lowest BCUT2D eigenvalue weighted by atomic mass is 10.6. The molecule has 0 spiro atoms. The molecule has 0 aliphatic rings. The number of hydrogen-bond donors (Lipinski definition) is 0. The first-order valence-corrected chi connectivity index (χ1v) is 6.90. The normalized spacial score (nSPS) is 9.36. The maximum absolute atomic E-state index is 4.30. The molecule has 0 aliphatic carbocycles. The third-order valence-electron chi connectivity index (χ3n) is 1.13. The molecule has 4 heteroatoms. The Bertz CT molecular complexity index is 297. The van der Waals surface area contributed by atoms with Crippen LogP contribution >= 0.6 is 45.3 Å². The molecular weight excluding hydrogens is 289 g/mol. The van der Waals surface area contributed by atoms with Gasteiger partial charge in [0.1, 0.15) is 4.01 Å². The molecule has 0 fully saturated rings. The van der Waals surface area contributed by atoms with Crippen molar-refractivity contribution < 1.29 is 0 Å². The maximum atomic E-state index is 4.30. The van der Waals surface area contributed by atoms with Crippen LogP contribution in [-0.4, -0.2) is 9.91 Å². The number of alkyl halides is 1. The van der Waals surface area contributed by atoms with E-state index < -0.39 is 0 Å². The molecule has 0 aromatic carbocycles. The average molecular weight is 297 g/mol. The minimum atomic E-state index is 1.16. The monoisotopic (exact) mass is 297 g/mol. The molecule has 0 aliphatic heterocycles. The molecule has 0 unspecified atom stereocenters. The fourth-order valence-electron chi connectivity index (χ4n) is 0.775. The number of halogens is 1. The van der Waals surface area contributed by atoms with Crippen molar-refractivity contribution in [1.82, 2.24) is 4.98 Å². The van der Waals surface area contributed by atoms with Crippen LogP contribution in [0.25, 0.3) is 9.53 Å². The predicted molar refractivity (Wildman–Crippen MR) is 62.2 cm³/mol. The Morgan fingerprint density at radius 2 is 2.18 bits per heavy atom. The summed E-state index contributed by atoms with van der Waals surface area (Å²) in [7, 11) is 0. The second-order valence-corrected chi connectivity index (χ2v) is 4.20. The SMILES string of the molecule is CI.Cc1nc2ccsc2s1. The van der Waals surface area contributed by atoms with E-state index in [0.29, 0.717) is 0 Å². The highest BCUT2D eigenvalue weighted by Crippen LogP contribution is 2.26. The van der Waals surface area contributed by atoms with Gasteiger partial charge >= 0.3 is 0 Å². The number of aromatic nitrogens is 1. The fourth-order valence-corrected chi connectivity index (χ4v) is 2.68. The van der Waals surface area contributed by atoms with E-state index in [2.05, 4.69) is 39.0 Å². The van der Waals surface area contributed by atoms with Crippen LogP contribution in [0.15, 0.2) is 11.4 Å². The van der Waals surface area contributed by atoms with Crippen LogP contribution in [0.2, 0.25) is 0 Å². The summed E-state index contributed by atoms with van der Waals surface area (Å²) in [5, 5.41) is 3.24. The summed E-state index contributed by atoms with van der Waals surface area (Å²) in [6.07, 6.45) is 0. The van der Waals surface area contributed by atoms with Gasteiger partial charge in [-0.25, -0.2) is 4.98 Å². The Balaban J connectivity index is 0.000000281. The molecule has 2 rings (SSSR count). The Kier molecular flexibility index (Phi) is 3.74. The van der Waals surface area contributed by atoms with Gasteiger partial charge in [-0.1, -0.05) is 22.6 Å². The number of thiazole rings is 1. The van der Waals surface area contributed by atoms with Gasteiger partial charge in [0.05, 0.1) is 10.5 Å². The molecular formula is C7H8INS2. The highest BCUT2D eigenvalue weighted by molar-refractivity contribution is 14.1. The summed E-state index contributed by atoms with van der Waals surface area (Å²) in [6, 6.07) is 2.06. The standard InChI is InChI=1S/C6H5NS2.CH3I/c1-4-7-5-2-3-8-6(5)9-4;1-2/h2-3H,1H3;1H3. The predicted octanol–water partition coefficient (Wildman–Crippen LogP) is 3.72. The van der Waals surface area contributed by atoms with E-state index in [1.165, 1.54) is 4.01 Å². The summed E-state index contributed by atoms with van der Waals surface area (Å²) in [5.41, 5.74) is 1.16. The lowest BCUT2D eigenvalue weighted by molar-refractivity contribution is 1.35. The quantitative estimate of drug-likeness (QED) is 0.533. The Morgan fingerprint density at radius 1 is 1.45 bits per heavy atom.